The maximum atomic E-state index is 11.7. The molecule has 0 bridgehead atoms. The van der Waals surface area contributed by atoms with Crippen molar-refractivity contribution >= 4 is 5.91 Å². The van der Waals surface area contributed by atoms with E-state index >= 15 is 0 Å². The summed E-state index contributed by atoms with van der Waals surface area (Å²) in [4.78, 5) is 16.2. The molecule has 2 unspecified atom stereocenters. The fourth-order valence-electron chi connectivity index (χ4n) is 2.63. The van der Waals surface area contributed by atoms with Crippen molar-refractivity contribution < 1.29 is 4.79 Å². The molecule has 1 saturated heterocycles. The highest BCUT2D eigenvalue weighted by molar-refractivity contribution is 5.81. The lowest BCUT2D eigenvalue weighted by atomic mass is 10.1. The summed E-state index contributed by atoms with van der Waals surface area (Å²) in [6, 6.07) is -0.0871. The summed E-state index contributed by atoms with van der Waals surface area (Å²) in [5.41, 5.74) is 2.27. The van der Waals surface area contributed by atoms with Crippen molar-refractivity contribution in [2.45, 2.75) is 32.2 Å². The summed E-state index contributed by atoms with van der Waals surface area (Å²) in [5.74, 6) is 5.84. The van der Waals surface area contributed by atoms with Gasteiger partial charge in [0, 0.05) is 13.1 Å². The van der Waals surface area contributed by atoms with Crippen LogP contribution in [0.1, 0.15) is 26.2 Å². The van der Waals surface area contributed by atoms with E-state index in [0.717, 1.165) is 25.9 Å². The molecule has 1 heterocycles. The number of carbonyl (C=O) groups excluding carboxylic acids is 1. The van der Waals surface area contributed by atoms with Crippen LogP contribution in [0, 0.1) is 5.92 Å². The van der Waals surface area contributed by atoms with E-state index in [1.165, 1.54) is 13.0 Å². The third-order valence-electron chi connectivity index (χ3n) is 3.57. The Kier molecular flexibility index (Phi) is 5.88. The molecular weight excluding hydrogens is 216 g/mol. The van der Waals surface area contributed by atoms with E-state index < -0.39 is 0 Å². The van der Waals surface area contributed by atoms with Gasteiger partial charge < -0.3 is 4.90 Å². The lowest BCUT2D eigenvalue weighted by Gasteiger charge is -2.28. The van der Waals surface area contributed by atoms with E-state index in [1.54, 1.807) is 0 Å². The minimum atomic E-state index is -0.0871. The first-order valence-electron chi connectivity index (χ1n) is 6.47. The van der Waals surface area contributed by atoms with Crippen LogP contribution in [-0.4, -0.2) is 55.5 Å². The predicted octanol–water partition coefficient (Wildman–Crippen LogP) is 0.0285. The fourth-order valence-corrected chi connectivity index (χ4v) is 2.63. The number of nitrogens with one attached hydrogen (secondary N) is 1. The highest BCUT2D eigenvalue weighted by atomic mass is 16.2. The van der Waals surface area contributed by atoms with Crippen LogP contribution >= 0.6 is 0 Å². The SMILES string of the molecule is CCCC(C(=O)NN)N(C)CC1CCN(C)C1. The molecule has 5 nitrogen and oxygen atoms in total. The number of hydrogen-bond acceptors (Lipinski definition) is 4. The molecule has 0 aromatic heterocycles. The maximum Gasteiger partial charge on any atom is 0.251 e. The van der Waals surface area contributed by atoms with Crippen molar-refractivity contribution in [1.29, 1.82) is 0 Å². The van der Waals surface area contributed by atoms with E-state index in [4.69, 9.17) is 5.84 Å². The highest BCUT2D eigenvalue weighted by Gasteiger charge is 2.26. The Balaban J connectivity index is 2.46. The Bertz CT molecular complexity index is 247. The molecule has 0 spiro atoms. The number of rotatable bonds is 6. The molecular formula is C12H26N4O. The molecule has 1 rings (SSSR count). The molecule has 3 N–H and O–H groups in total. The first-order valence-corrected chi connectivity index (χ1v) is 6.47. The van der Waals surface area contributed by atoms with Gasteiger partial charge in [-0.3, -0.25) is 15.1 Å². The van der Waals surface area contributed by atoms with E-state index in [-0.39, 0.29) is 11.9 Å². The first-order chi connectivity index (χ1) is 8.08. The normalized spacial score (nSPS) is 23.0. The summed E-state index contributed by atoms with van der Waals surface area (Å²) in [5, 5.41) is 0. The third kappa shape index (κ3) is 4.26. The zero-order chi connectivity index (χ0) is 12.8. The number of nitrogens with zero attached hydrogens (tertiary/aromatic N) is 2. The number of hydrazine groups is 1. The molecule has 0 saturated carbocycles. The van der Waals surface area contributed by atoms with Crippen molar-refractivity contribution in [2.75, 3.05) is 33.7 Å². The van der Waals surface area contributed by atoms with Crippen LogP contribution in [0.4, 0.5) is 0 Å². The zero-order valence-electron chi connectivity index (χ0n) is 11.3. The molecule has 0 aromatic carbocycles. The van der Waals surface area contributed by atoms with Crippen molar-refractivity contribution in [2.24, 2.45) is 11.8 Å². The van der Waals surface area contributed by atoms with Gasteiger partial charge in [-0.15, -0.1) is 0 Å². The Labute approximate surface area is 104 Å². The molecule has 2 atom stereocenters. The maximum absolute atomic E-state index is 11.7. The molecule has 1 amide bonds. The first kappa shape index (κ1) is 14.4. The van der Waals surface area contributed by atoms with Gasteiger partial charge in [0.05, 0.1) is 6.04 Å². The van der Waals surface area contributed by atoms with Crippen LogP contribution in [0.25, 0.3) is 0 Å². The average Bonchev–Trinajstić information content (AvgIpc) is 2.70. The van der Waals surface area contributed by atoms with Crippen LogP contribution in [0.2, 0.25) is 0 Å². The van der Waals surface area contributed by atoms with Crippen LogP contribution in [-0.2, 0) is 4.79 Å². The highest BCUT2D eigenvalue weighted by Crippen LogP contribution is 2.17. The number of nitrogens with two attached hydrogens (primary N) is 1. The van der Waals surface area contributed by atoms with E-state index in [9.17, 15) is 4.79 Å². The monoisotopic (exact) mass is 242 g/mol. The van der Waals surface area contributed by atoms with Crippen molar-refractivity contribution in [1.82, 2.24) is 15.2 Å². The summed E-state index contributed by atoms with van der Waals surface area (Å²) in [7, 11) is 4.17. The smallest absolute Gasteiger partial charge is 0.251 e. The molecule has 0 radical (unpaired) electrons. The lowest BCUT2D eigenvalue weighted by molar-refractivity contribution is -0.126. The minimum absolute atomic E-state index is 0.0688. The summed E-state index contributed by atoms with van der Waals surface area (Å²) in [6.07, 6.45) is 3.08. The molecule has 0 aromatic rings. The number of amides is 1. The zero-order valence-corrected chi connectivity index (χ0v) is 11.3. The molecule has 0 aliphatic carbocycles. The number of likely N-dealkylation sites (N-methyl/N-ethyl adjacent to an activating group) is 1. The Morgan fingerprint density at radius 2 is 2.35 bits per heavy atom. The largest absolute Gasteiger partial charge is 0.306 e. The van der Waals surface area contributed by atoms with E-state index in [1.807, 2.05) is 7.05 Å². The standard InChI is InChI=1S/C12H26N4O/c1-4-5-11(12(17)14-13)16(3)9-10-6-7-15(2)8-10/h10-11H,4-9,13H2,1-3H3,(H,14,17). The topological polar surface area (TPSA) is 61.6 Å². The molecule has 17 heavy (non-hydrogen) atoms. The fraction of sp³-hybridized carbons (Fsp3) is 0.917. The van der Waals surface area contributed by atoms with Crippen LogP contribution in [0.15, 0.2) is 0 Å². The van der Waals surface area contributed by atoms with Gasteiger partial charge in [0.25, 0.3) is 5.91 Å². The predicted molar refractivity (Wildman–Crippen MR) is 69.3 cm³/mol. The molecule has 1 fully saturated rings. The Hall–Kier alpha value is -0.650. The van der Waals surface area contributed by atoms with Gasteiger partial charge in [-0.25, -0.2) is 5.84 Å². The van der Waals surface area contributed by atoms with Crippen LogP contribution < -0.4 is 11.3 Å². The number of hydrogen-bond donors (Lipinski definition) is 2. The Morgan fingerprint density at radius 1 is 1.65 bits per heavy atom. The van der Waals surface area contributed by atoms with Crippen LogP contribution in [0.3, 0.4) is 0 Å². The molecule has 100 valence electrons. The second-order valence-corrected chi connectivity index (χ2v) is 5.17. The van der Waals surface area contributed by atoms with Gasteiger partial charge in [-0.05, 0) is 39.4 Å². The van der Waals surface area contributed by atoms with Gasteiger partial charge >= 0.3 is 0 Å². The van der Waals surface area contributed by atoms with Gasteiger partial charge in [-0.1, -0.05) is 13.3 Å². The number of likely N-dealkylation sites (tertiary alicyclic amines) is 1. The quantitative estimate of drug-likeness (QED) is 0.392. The van der Waals surface area contributed by atoms with Gasteiger partial charge in [-0.2, -0.15) is 0 Å². The summed E-state index contributed by atoms with van der Waals surface area (Å²) >= 11 is 0. The second kappa shape index (κ2) is 6.93. The third-order valence-corrected chi connectivity index (χ3v) is 3.57. The number of carbonyl (C=O) groups is 1. The van der Waals surface area contributed by atoms with Crippen LogP contribution in [0.5, 0.6) is 0 Å². The minimum Gasteiger partial charge on any atom is -0.306 e. The molecule has 5 heteroatoms. The van der Waals surface area contributed by atoms with Gasteiger partial charge in [0.1, 0.15) is 0 Å². The molecule has 1 aliphatic heterocycles. The lowest BCUT2D eigenvalue weighted by Crippen LogP contribution is -2.48. The van der Waals surface area contributed by atoms with E-state index in [0.29, 0.717) is 5.92 Å². The Morgan fingerprint density at radius 3 is 2.82 bits per heavy atom. The molecule has 1 aliphatic rings. The van der Waals surface area contributed by atoms with E-state index in [2.05, 4.69) is 29.2 Å². The average molecular weight is 242 g/mol. The summed E-state index contributed by atoms with van der Waals surface area (Å²) in [6.45, 7) is 5.36. The summed E-state index contributed by atoms with van der Waals surface area (Å²) < 4.78 is 0. The van der Waals surface area contributed by atoms with Crippen molar-refractivity contribution in [3.63, 3.8) is 0 Å². The van der Waals surface area contributed by atoms with Gasteiger partial charge in [0.15, 0.2) is 0 Å². The van der Waals surface area contributed by atoms with Crippen molar-refractivity contribution in [3.8, 4) is 0 Å². The second-order valence-electron chi connectivity index (χ2n) is 5.17. The van der Waals surface area contributed by atoms with Crippen molar-refractivity contribution in [3.05, 3.63) is 0 Å². The van der Waals surface area contributed by atoms with Gasteiger partial charge in [0.2, 0.25) is 0 Å².